The van der Waals surface area contributed by atoms with Gasteiger partial charge in [-0.3, -0.25) is 0 Å². The molecule has 4 N–H and O–H groups in total. The van der Waals surface area contributed by atoms with Crippen molar-refractivity contribution in [1.29, 1.82) is 0 Å². The van der Waals surface area contributed by atoms with Gasteiger partial charge in [0.1, 0.15) is 5.75 Å². The molecule has 64 valence electrons. The number of rotatable bonds is 2. The molecule has 0 aliphatic carbocycles. The van der Waals surface area contributed by atoms with Crippen LogP contribution < -0.4 is 5.46 Å². The summed E-state index contributed by atoms with van der Waals surface area (Å²) in [6.07, 6.45) is 0. The number of phenols is 1. The zero-order valence-electron chi connectivity index (χ0n) is 6.31. The van der Waals surface area contributed by atoms with Crippen molar-refractivity contribution in [3.05, 3.63) is 23.8 Å². The predicted molar refractivity (Wildman–Crippen MR) is 43.9 cm³/mol. The van der Waals surface area contributed by atoms with Gasteiger partial charge in [-0.25, -0.2) is 0 Å². The zero-order chi connectivity index (χ0) is 9.14. The normalized spacial score (nSPS) is 9.92. The second-order valence-electron chi connectivity index (χ2n) is 2.41. The van der Waals surface area contributed by atoms with Crippen LogP contribution >= 0.6 is 0 Å². The van der Waals surface area contributed by atoms with Crippen molar-refractivity contribution in [2.45, 2.75) is 6.61 Å². The van der Waals surface area contributed by atoms with Crippen LogP contribution in [0, 0.1) is 0 Å². The van der Waals surface area contributed by atoms with Gasteiger partial charge in [0, 0.05) is 0 Å². The van der Waals surface area contributed by atoms with Crippen LogP contribution in [0.25, 0.3) is 0 Å². The predicted octanol–water partition coefficient (Wildman–Crippen LogP) is -1.44. The minimum atomic E-state index is -1.62. The summed E-state index contributed by atoms with van der Waals surface area (Å²) in [7, 11) is -1.62. The van der Waals surface area contributed by atoms with E-state index in [-0.39, 0.29) is 17.8 Å². The van der Waals surface area contributed by atoms with Crippen LogP contribution in [0.5, 0.6) is 5.75 Å². The fourth-order valence-corrected chi connectivity index (χ4v) is 0.981. The van der Waals surface area contributed by atoms with E-state index in [1.54, 1.807) is 0 Å². The molecule has 0 fully saturated rings. The Morgan fingerprint density at radius 1 is 1.25 bits per heavy atom. The van der Waals surface area contributed by atoms with Crippen molar-refractivity contribution in [2.24, 2.45) is 0 Å². The summed E-state index contributed by atoms with van der Waals surface area (Å²) in [5.74, 6) is -0.0107. The fraction of sp³-hybridized carbons (Fsp3) is 0.143. The quantitative estimate of drug-likeness (QED) is 0.408. The first-order valence-corrected chi connectivity index (χ1v) is 3.44. The van der Waals surface area contributed by atoms with Gasteiger partial charge in [-0.15, -0.1) is 0 Å². The zero-order valence-corrected chi connectivity index (χ0v) is 6.31. The molecule has 12 heavy (non-hydrogen) atoms. The highest BCUT2D eigenvalue weighted by Crippen LogP contribution is 2.09. The molecule has 0 radical (unpaired) electrons. The molecule has 0 saturated heterocycles. The highest BCUT2D eigenvalue weighted by atomic mass is 16.4. The lowest BCUT2D eigenvalue weighted by atomic mass is 9.77. The standard InChI is InChI=1S/C7H9BO4/c9-4-5-3-6(10)1-2-7(5)8(11)12/h1-3,9-12H,4H2. The second-order valence-corrected chi connectivity index (χ2v) is 2.41. The van der Waals surface area contributed by atoms with Crippen LogP contribution in [0.2, 0.25) is 0 Å². The molecule has 0 amide bonds. The van der Waals surface area contributed by atoms with E-state index >= 15 is 0 Å². The molecule has 0 bridgehead atoms. The third-order valence-corrected chi connectivity index (χ3v) is 1.58. The number of benzene rings is 1. The van der Waals surface area contributed by atoms with Crippen LogP contribution in [-0.2, 0) is 6.61 Å². The van der Waals surface area contributed by atoms with Gasteiger partial charge in [-0.2, -0.15) is 0 Å². The Hall–Kier alpha value is -1.04. The van der Waals surface area contributed by atoms with Crippen LogP contribution in [0.15, 0.2) is 18.2 Å². The number of aromatic hydroxyl groups is 1. The van der Waals surface area contributed by atoms with Crippen molar-refractivity contribution >= 4 is 12.6 Å². The fourth-order valence-electron chi connectivity index (χ4n) is 0.981. The smallest absolute Gasteiger partial charge is 0.488 e. The van der Waals surface area contributed by atoms with Gasteiger partial charge in [-0.1, -0.05) is 6.07 Å². The Labute approximate surface area is 69.9 Å². The molecule has 0 heterocycles. The molecular formula is C7H9BO4. The van der Waals surface area contributed by atoms with Gasteiger partial charge in [0.25, 0.3) is 0 Å². The molecule has 4 nitrogen and oxygen atoms in total. The van der Waals surface area contributed by atoms with E-state index in [1.807, 2.05) is 0 Å². The molecule has 0 spiro atoms. The number of hydrogen-bond donors (Lipinski definition) is 4. The first-order chi connectivity index (χ1) is 5.65. The summed E-state index contributed by atoms with van der Waals surface area (Å²) in [5.41, 5.74) is 0.514. The lowest BCUT2D eigenvalue weighted by molar-refractivity contribution is 0.281. The average Bonchev–Trinajstić information content (AvgIpc) is 2.03. The lowest BCUT2D eigenvalue weighted by Gasteiger charge is -2.05. The second kappa shape index (κ2) is 3.58. The molecule has 1 rings (SSSR count). The highest BCUT2D eigenvalue weighted by molar-refractivity contribution is 6.59. The monoisotopic (exact) mass is 168 g/mol. The number of aliphatic hydroxyl groups excluding tert-OH is 1. The molecule has 1 aromatic carbocycles. The first kappa shape index (κ1) is 9.06. The molecule has 0 aromatic heterocycles. The van der Waals surface area contributed by atoms with Crippen LogP contribution in [0.1, 0.15) is 5.56 Å². The molecule has 0 aliphatic heterocycles. The number of phenolic OH excluding ortho intramolecular Hbond substituents is 1. The number of aliphatic hydroxyl groups is 1. The van der Waals surface area contributed by atoms with Gasteiger partial charge in [-0.05, 0) is 23.2 Å². The van der Waals surface area contributed by atoms with Crippen LogP contribution in [0.4, 0.5) is 0 Å². The minimum absolute atomic E-state index is 0.0107. The van der Waals surface area contributed by atoms with Gasteiger partial charge < -0.3 is 20.3 Å². The van der Waals surface area contributed by atoms with Crippen LogP contribution in [-0.4, -0.2) is 27.4 Å². The molecular weight excluding hydrogens is 159 g/mol. The summed E-state index contributed by atoms with van der Waals surface area (Å²) in [5, 5.41) is 35.3. The molecule has 0 aliphatic rings. The van der Waals surface area contributed by atoms with Gasteiger partial charge >= 0.3 is 7.12 Å². The summed E-state index contributed by atoms with van der Waals surface area (Å²) in [6, 6.07) is 3.97. The molecule has 0 atom stereocenters. The first-order valence-electron chi connectivity index (χ1n) is 3.44. The SMILES string of the molecule is OCc1cc(O)ccc1B(O)O. The Morgan fingerprint density at radius 3 is 2.42 bits per heavy atom. The average molecular weight is 168 g/mol. The van der Waals surface area contributed by atoms with E-state index in [9.17, 15) is 0 Å². The Morgan fingerprint density at radius 2 is 1.92 bits per heavy atom. The van der Waals surface area contributed by atoms with Crippen molar-refractivity contribution in [2.75, 3.05) is 0 Å². The maximum atomic E-state index is 8.98. The summed E-state index contributed by atoms with van der Waals surface area (Å²) >= 11 is 0. The van der Waals surface area contributed by atoms with E-state index in [1.165, 1.54) is 18.2 Å². The van der Waals surface area contributed by atoms with E-state index in [4.69, 9.17) is 20.3 Å². The summed E-state index contributed by atoms with van der Waals surface area (Å²) < 4.78 is 0. The molecule has 5 heteroatoms. The van der Waals surface area contributed by atoms with E-state index < -0.39 is 7.12 Å². The number of hydrogen-bond acceptors (Lipinski definition) is 4. The van der Waals surface area contributed by atoms with Crippen molar-refractivity contribution in [1.82, 2.24) is 0 Å². The van der Waals surface area contributed by atoms with Crippen molar-refractivity contribution < 1.29 is 20.3 Å². The van der Waals surface area contributed by atoms with Crippen LogP contribution in [0.3, 0.4) is 0 Å². The van der Waals surface area contributed by atoms with E-state index in [2.05, 4.69) is 0 Å². The summed E-state index contributed by atoms with van der Waals surface area (Å²) in [6.45, 7) is -0.332. The van der Waals surface area contributed by atoms with Crippen molar-refractivity contribution in [3.8, 4) is 5.75 Å². The third kappa shape index (κ3) is 1.76. The van der Waals surface area contributed by atoms with Gasteiger partial charge in [0.2, 0.25) is 0 Å². The topological polar surface area (TPSA) is 80.9 Å². The minimum Gasteiger partial charge on any atom is -0.508 e. The largest absolute Gasteiger partial charge is 0.508 e. The van der Waals surface area contributed by atoms with Gasteiger partial charge in [0.15, 0.2) is 0 Å². The lowest BCUT2D eigenvalue weighted by Crippen LogP contribution is -2.32. The molecule has 0 unspecified atom stereocenters. The third-order valence-electron chi connectivity index (χ3n) is 1.58. The highest BCUT2D eigenvalue weighted by Gasteiger charge is 2.15. The maximum absolute atomic E-state index is 8.98. The van der Waals surface area contributed by atoms with E-state index in [0.29, 0.717) is 5.56 Å². The van der Waals surface area contributed by atoms with E-state index in [0.717, 1.165) is 0 Å². The van der Waals surface area contributed by atoms with Gasteiger partial charge in [0.05, 0.1) is 6.61 Å². The summed E-state index contributed by atoms with van der Waals surface area (Å²) in [4.78, 5) is 0. The Bertz CT molecular complexity index is 274. The Balaban J connectivity index is 3.11. The van der Waals surface area contributed by atoms with Crippen molar-refractivity contribution in [3.63, 3.8) is 0 Å². The molecule has 0 saturated carbocycles. The molecule has 1 aromatic rings. The Kier molecular flexibility index (Phi) is 2.70. The maximum Gasteiger partial charge on any atom is 0.488 e.